The third-order valence-corrected chi connectivity index (χ3v) is 3.48. The number of carbonyl (C=O) groups excluding carboxylic acids is 3. The predicted molar refractivity (Wildman–Crippen MR) is 93.5 cm³/mol. The van der Waals surface area contributed by atoms with Gasteiger partial charge in [0.2, 0.25) is 5.91 Å². The van der Waals surface area contributed by atoms with Crippen molar-refractivity contribution in [3.63, 3.8) is 0 Å². The van der Waals surface area contributed by atoms with Crippen molar-refractivity contribution in [3.8, 4) is 0 Å². The molecular formula is C18H20N4O3. The normalized spacial score (nSPS) is 9.96. The molecule has 3 N–H and O–H groups in total. The van der Waals surface area contributed by atoms with E-state index in [-0.39, 0.29) is 18.9 Å². The molecule has 25 heavy (non-hydrogen) atoms. The van der Waals surface area contributed by atoms with E-state index in [0.717, 1.165) is 11.1 Å². The number of hydrogen-bond acceptors (Lipinski definition) is 4. The minimum absolute atomic E-state index is 0.0855. The second kappa shape index (κ2) is 9.17. The van der Waals surface area contributed by atoms with Gasteiger partial charge in [0.15, 0.2) is 0 Å². The summed E-state index contributed by atoms with van der Waals surface area (Å²) in [5.74, 6) is -1.74. The van der Waals surface area contributed by atoms with Gasteiger partial charge in [-0.25, -0.2) is 0 Å². The Bertz CT molecular complexity index is 747. The number of nitrogens with zero attached hydrogens (tertiary/aromatic N) is 1. The van der Waals surface area contributed by atoms with Crippen molar-refractivity contribution < 1.29 is 14.4 Å². The van der Waals surface area contributed by atoms with E-state index in [1.165, 1.54) is 0 Å². The van der Waals surface area contributed by atoms with E-state index in [1.54, 1.807) is 36.7 Å². The molecule has 0 aliphatic heterocycles. The molecule has 0 fully saturated rings. The molecule has 2 rings (SSSR count). The van der Waals surface area contributed by atoms with Gasteiger partial charge >= 0.3 is 11.8 Å². The first kappa shape index (κ1) is 18.1. The van der Waals surface area contributed by atoms with Gasteiger partial charge in [0, 0.05) is 37.6 Å². The monoisotopic (exact) mass is 340 g/mol. The molecule has 2 aromatic rings. The Morgan fingerprint density at radius 3 is 2.40 bits per heavy atom. The molecule has 7 heteroatoms. The van der Waals surface area contributed by atoms with Gasteiger partial charge < -0.3 is 16.0 Å². The zero-order valence-corrected chi connectivity index (χ0v) is 13.9. The van der Waals surface area contributed by atoms with Crippen LogP contribution in [0.5, 0.6) is 0 Å². The van der Waals surface area contributed by atoms with Crippen molar-refractivity contribution in [2.24, 2.45) is 0 Å². The summed E-state index contributed by atoms with van der Waals surface area (Å²) >= 11 is 0. The van der Waals surface area contributed by atoms with Crippen LogP contribution < -0.4 is 16.0 Å². The number of nitrogens with one attached hydrogen (secondary N) is 3. The molecule has 0 saturated heterocycles. The zero-order valence-electron chi connectivity index (χ0n) is 13.9. The van der Waals surface area contributed by atoms with Crippen molar-refractivity contribution in [2.75, 3.05) is 11.9 Å². The van der Waals surface area contributed by atoms with Gasteiger partial charge in [0.25, 0.3) is 0 Å². The van der Waals surface area contributed by atoms with Crippen molar-refractivity contribution in [1.29, 1.82) is 0 Å². The van der Waals surface area contributed by atoms with E-state index in [1.807, 2.05) is 19.1 Å². The lowest BCUT2D eigenvalue weighted by Crippen LogP contribution is -2.37. The van der Waals surface area contributed by atoms with Gasteiger partial charge in [0.1, 0.15) is 0 Å². The van der Waals surface area contributed by atoms with Gasteiger partial charge in [-0.05, 0) is 36.2 Å². The maximum absolute atomic E-state index is 11.8. The second-order valence-corrected chi connectivity index (χ2v) is 5.41. The van der Waals surface area contributed by atoms with Crippen LogP contribution in [0.3, 0.4) is 0 Å². The lowest BCUT2D eigenvalue weighted by Gasteiger charge is -2.09. The van der Waals surface area contributed by atoms with Crippen LogP contribution in [0.25, 0.3) is 0 Å². The topological polar surface area (TPSA) is 100 Å². The van der Waals surface area contributed by atoms with Crippen molar-refractivity contribution in [1.82, 2.24) is 15.6 Å². The molecule has 3 amide bonds. The van der Waals surface area contributed by atoms with Crippen LogP contribution >= 0.6 is 0 Å². The molecule has 1 heterocycles. The third-order valence-electron chi connectivity index (χ3n) is 3.48. The average Bonchev–Trinajstić information content (AvgIpc) is 2.62. The molecule has 1 aromatic carbocycles. The Hall–Kier alpha value is -3.22. The lowest BCUT2D eigenvalue weighted by molar-refractivity contribution is -0.136. The summed E-state index contributed by atoms with van der Waals surface area (Å²) in [5, 5.41) is 7.70. The van der Waals surface area contributed by atoms with Gasteiger partial charge in [-0.3, -0.25) is 19.4 Å². The smallest absolute Gasteiger partial charge is 0.313 e. The zero-order chi connectivity index (χ0) is 18.1. The predicted octanol–water partition coefficient (Wildman–Crippen LogP) is 1.15. The van der Waals surface area contributed by atoms with Gasteiger partial charge in [-0.15, -0.1) is 0 Å². The first-order valence-corrected chi connectivity index (χ1v) is 7.86. The molecule has 0 unspecified atom stereocenters. The maximum atomic E-state index is 11.8. The van der Waals surface area contributed by atoms with Crippen molar-refractivity contribution in [3.05, 3.63) is 59.9 Å². The summed E-state index contributed by atoms with van der Waals surface area (Å²) in [4.78, 5) is 39.2. The Morgan fingerprint density at radius 2 is 1.68 bits per heavy atom. The Labute approximate surface area is 145 Å². The third kappa shape index (κ3) is 6.06. The maximum Gasteiger partial charge on any atom is 0.313 e. The number of amides is 3. The highest BCUT2D eigenvalue weighted by molar-refractivity contribution is 6.39. The molecule has 0 radical (unpaired) electrons. The fraction of sp³-hybridized carbons (Fsp3) is 0.222. The van der Waals surface area contributed by atoms with Gasteiger partial charge in [-0.1, -0.05) is 18.2 Å². The van der Waals surface area contributed by atoms with Crippen LogP contribution in [0.15, 0.2) is 48.8 Å². The number of carbonyl (C=O) groups is 3. The highest BCUT2D eigenvalue weighted by atomic mass is 16.2. The van der Waals surface area contributed by atoms with Crippen LogP contribution in [0.1, 0.15) is 17.5 Å². The molecule has 0 aliphatic rings. The number of aryl methyl sites for hydroxylation is 1. The van der Waals surface area contributed by atoms with Crippen LogP contribution in [-0.4, -0.2) is 29.3 Å². The number of anilines is 1. The van der Waals surface area contributed by atoms with Crippen LogP contribution in [0.2, 0.25) is 0 Å². The first-order valence-electron chi connectivity index (χ1n) is 7.86. The number of para-hydroxylation sites is 1. The molecule has 0 aliphatic carbocycles. The van der Waals surface area contributed by atoms with Gasteiger partial charge in [-0.2, -0.15) is 0 Å². The molecule has 1 aromatic heterocycles. The minimum atomic E-state index is -0.773. The van der Waals surface area contributed by atoms with E-state index in [0.29, 0.717) is 12.2 Å². The fourth-order valence-corrected chi connectivity index (χ4v) is 2.05. The summed E-state index contributed by atoms with van der Waals surface area (Å²) in [6.45, 7) is 2.31. The largest absolute Gasteiger partial charge is 0.352 e. The quantitative estimate of drug-likeness (QED) is 0.687. The van der Waals surface area contributed by atoms with E-state index >= 15 is 0 Å². The van der Waals surface area contributed by atoms with Crippen LogP contribution in [0.4, 0.5) is 5.69 Å². The minimum Gasteiger partial charge on any atom is -0.352 e. The summed E-state index contributed by atoms with van der Waals surface area (Å²) in [6, 6.07) is 10.8. The molecule has 0 atom stereocenters. The van der Waals surface area contributed by atoms with E-state index in [4.69, 9.17) is 0 Å². The Kier molecular flexibility index (Phi) is 6.65. The number of rotatable bonds is 6. The van der Waals surface area contributed by atoms with E-state index in [9.17, 15) is 14.4 Å². The first-order chi connectivity index (χ1) is 12.1. The molecule has 7 nitrogen and oxygen atoms in total. The SMILES string of the molecule is Cc1ccccc1NC(=O)C(=O)NCCC(=O)NCc1ccncc1. The number of benzene rings is 1. The Balaban J connectivity index is 1.68. The lowest BCUT2D eigenvalue weighted by atomic mass is 10.2. The highest BCUT2D eigenvalue weighted by Crippen LogP contribution is 2.12. The van der Waals surface area contributed by atoms with Crippen LogP contribution in [0, 0.1) is 6.92 Å². The second-order valence-electron chi connectivity index (χ2n) is 5.41. The molecule has 0 spiro atoms. The molecule has 0 saturated carbocycles. The molecule has 0 bridgehead atoms. The summed E-state index contributed by atoms with van der Waals surface area (Å²) < 4.78 is 0. The van der Waals surface area contributed by atoms with Crippen molar-refractivity contribution >= 4 is 23.4 Å². The number of hydrogen-bond donors (Lipinski definition) is 3. The van der Waals surface area contributed by atoms with Crippen molar-refractivity contribution in [2.45, 2.75) is 19.9 Å². The van der Waals surface area contributed by atoms with E-state index < -0.39 is 11.8 Å². The summed E-state index contributed by atoms with van der Waals surface area (Å²) in [6.07, 6.45) is 3.39. The summed E-state index contributed by atoms with van der Waals surface area (Å²) in [5.41, 5.74) is 2.38. The standard InChI is InChI=1S/C18H20N4O3/c1-13-4-2-3-5-15(13)22-18(25)17(24)20-11-8-16(23)21-12-14-6-9-19-10-7-14/h2-7,9-10H,8,11-12H2,1H3,(H,20,24)(H,21,23)(H,22,25). The van der Waals surface area contributed by atoms with E-state index in [2.05, 4.69) is 20.9 Å². The van der Waals surface area contributed by atoms with Gasteiger partial charge in [0.05, 0.1) is 0 Å². The average molecular weight is 340 g/mol. The summed E-state index contributed by atoms with van der Waals surface area (Å²) in [7, 11) is 0. The Morgan fingerprint density at radius 1 is 0.960 bits per heavy atom. The fourth-order valence-electron chi connectivity index (χ4n) is 2.05. The number of pyridine rings is 1. The highest BCUT2D eigenvalue weighted by Gasteiger charge is 2.14. The molecular weight excluding hydrogens is 320 g/mol. The number of aromatic nitrogens is 1. The van der Waals surface area contributed by atoms with Crippen LogP contribution in [-0.2, 0) is 20.9 Å². The molecule has 130 valence electrons.